The van der Waals surface area contributed by atoms with Crippen molar-refractivity contribution in [2.75, 3.05) is 33.3 Å². The van der Waals surface area contributed by atoms with Crippen LogP contribution in [0.5, 0.6) is 0 Å². The number of rotatable bonds is 3. The van der Waals surface area contributed by atoms with Crippen LogP contribution in [0.1, 0.15) is 23.7 Å². The molecule has 0 saturated carbocycles. The van der Waals surface area contributed by atoms with Crippen LogP contribution in [0, 0.1) is 0 Å². The summed E-state index contributed by atoms with van der Waals surface area (Å²) in [5, 5.41) is 0. The molecule has 0 bridgehead atoms. The van der Waals surface area contributed by atoms with Crippen LogP contribution in [0.3, 0.4) is 0 Å². The molecule has 0 aliphatic carbocycles. The lowest BCUT2D eigenvalue weighted by atomic mass is 10.2. The molecule has 23 heavy (non-hydrogen) atoms. The van der Waals surface area contributed by atoms with Gasteiger partial charge in [-0.15, -0.1) is 0 Å². The average molecular weight is 340 g/mol. The molecule has 1 aromatic rings. The first kappa shape index (κ1) is 17.4. The Labute approximate surface area is 135 Å². The predicted octanol–water partition coefficient (Wildman–Crippen LogP) is 0.716. The Morgan fingerprint density at radius 1 is 1.09 bits per heavy atom. The Morgan fingerprint density at radius 3 is 2.43 bits per heavy atom. The van der Waals surface area contributed by atoms with Crippen molar-refractivity contribution in [2.24, 2.45) is 0 Å². The smallest absolute Gasteiger partial charge is 0.339 e. The summed E-state index contributed by atoms with van der Waals surface area (Å²) in [5.41, 5.74) is 0.0164. The molecule has 1 heterocycles. The van der Waals surface area contributed by atoms with Crippen LogP contribution in [-0.4, -0.2) is 62.8 Å². The van der Waals surface area contributed by atoms with Crippen molar-refractivity contribution in [1.82, 2.24) is 9.21 Å². The molecule has 1 saturated heterocycles. The summed E-state index contributed by atoms with van der Waals surface area (Å²) in [4.78, 5) is 24.8. The average Bonchev–Trinajstić information content (AvgIpc) is 2.80. The van der Waals surface area contributed by atoms with Crippen LogP contribution >= 0.6 is 0 Å². The molecule has 2 rings (SSSR count). The monoisotopic (exact) mass is 340 g/mol. The fraction of sp³-hybridized carbons (Fsp3) is 0.467. The number of amides is 1. The van der Waals surface area contributed by atoms with E-state index in [4.69, 9.17) is 0 Å². The van der Waals surface area contributed by atoms with E-state index in [9.17, 15) is 18.0 Å². The number of methoxy groups -OCH3 is 1. The second-order valence-corrected chi connectivity index (χ2v) is 7.16. The van der Waals surface area contributed by atoms with Gasteiger partial charge in [-0.2, -0.15) is 4.31 Å². The Morgan fingerprint density at radius 2 is 1.78 bits per heavy atom. The number of benzene rings is 1. The third kappa shape index (κ3) is 3.70. The molecule has 1 aliphatic rings. The van der Waals surface area contributed by atoms with Gasteiger partial charge in [-0.3, -0.25) is 4.79 Å². The van der Waals surface area contributed by atoms with Crippen molar-refractivity contribution in [3.8, 4) is 0 Å². The highest BCUT2D eigenvalue weighted by Gasteiger charge is 2.30. The molecule has 0 spiro atoms. The summed E-state index contributed by atoms with van der Waals surface area (Å²) in [7, 11) is -2.62. The van der Waals surface area contributed by atoms with Crippen molar-refractivity contribution >= 4 is 21.9 Å². The van der Waals surface area contributed by atoms with Gasteiger partial charge in [0.15, 0.2) is 0 Å². The van der Waals surface area contributed by atoms with E-state index in [0.717, 1.165) is 0 Å². The zero-order valence-electron chi connectivity index (χ0n) is 13.2. The number of carbonyl (C=O) groups excluding carboxylic acids is 2. The number of sulfonamides is 1. The van der Waals surface area contributed by atoms with Crippen molar-refractivity contribution in [3.63, 3.8) is 0 Å². The Kier molecular flexibility index (Phi) is 5.38. The molecule has 0 aromatic heterocycles. The number of hydrogen-bond acceptors (Lipinski definition) is 5. The van der Waals surface area contributed by atoms with Crippen LogP contribution in [0.25, 0.3) is 0 Å². The molecule has 0 radical (unpaired) electrons. The van der Waals surface area contributed by atoms with E-state index in [1.165, 1.54) is 30.5 Å². The van der Waals surface area contributed by atoms with Gasteiger partial charge < -0.3 is 9.64 Å². The van der Waals surface area contributed by atoms with E-state index >= 15 is 0 Å². The number of hydrogen-bond donors (Lipinski definition) is 0. The molecule has 1 aliphatic heterocycles. The molecule has 1 aromatic carbocycles. The Bertz CT molecular complexity index is 702. The van der Waals surface area contributed by atoms with Gasteiger partial charge in [-0.1, -0.05) is 12.1 Å². The minimum absolute atomic E-state index is 0.0164. The first-order valence-corrected chi connectivity index (χ1v) is 8.75. The molecule has 1 amide bonds. The van der Waals surface area contributed by atoms with Crippen LogP contribution in [0.2, 0.25) is 0 Å². The van der Waals surface area contributed by atoms with Gasteiger partial charge >= 0.3 is 5.97 Å². The maximum Gasteiger partial charge on any atom is 0.339 e. The summed E-state index contributed by atoms with van der Waals surface area (Å²) in [6, 6.07) is 5.98. The molecule has 126 valence electrons. The van der Waals surface area contributed by atoms with Crippen LogP contribution < -0.4 is 0 Å². The number of ether oxygens (including phenoxy) is 1. The Hall–Kier alpha value is -1.93. The van der Waals surface area contributed by atoms with Gasteiger partial charge in [0.05, 0.1) is 17.6 Å². The minimum Gasteiger partial charge on any atom is -0.465 e. The highest BCUT2D eigenvalue weighted by molar-refractivity contribution is 7.89. The van der Waals surface area contributed by atoms with Crippen molar-refractivity contribution in [2.45, 2.75) is 18.2 Å². The zero-order chi connectivity index (χ0) is 17.0. The highest BCUT2D eigenvalue weighted by Crippen LogP contribution is 2.22. The lowest BCUT2D eigenvalue weighted by molar-refractivity contribution is -0.128. The number of esters is 1. The third-order valence-electron chi connectivity index (χ3n) is 3.81. The maximum atomic E-state index is 12.9. The normalized spacial score (nSPS) is 16.7. The molecular weight excluding hydrogens is 320 g/mol. The summed E-state index contributed by atoms with van der Waals surface area (Å²) in [6.07, 6.45) is 0.555. The lowest BCUT2D eigenvalue weighted by Crippen LogP contribution is -2.37. The quantitative estimate of drug-likeness (QED) is 0.757. The topological polar surface area (TPSA) is 84.0 Å². The molecule has 0 N–H and O–H groups in total. The van der Waals surface area contributed by atoms with E-state index < -0.39 is 16.0 Å². The summed E-state index contributed by atoms with van der Waals surface area (Å²) in [6.45, 7) is 2.85. The summed E-state index contributed by atoms with van der Waals surface area (Å²) in [5.74, 6) is -0.761. The van der Waals surface area contributed by atoms with Gasteiger partial charge in [-0.05, 0) is 18.6 Å². The van der Waals surface area contributed by atoms with Crippen LogP contribution in [0.4, 0.5) is 0 Å². The molecule has 0 atom stereocenters. The molecular formula is C15H20N2O5S. The summed E-state index contributed by atoms with van der Waals surface area (Å²) >= 11 is 0. The van der Waals surface area contributed by atoms with Gasteiger partial charge in [0.2, 0.25) is 15.9 Å². The third-order valence-corrected chi connectivity index (χ3v) is 5.77. The molecule has 0 unspecified atom stereocenters. The van der Waals surface area contributed by atoms with E-state index in [1.54, 1.807) is 17.0 Å². The minimum atomic E-state index is -3.83. The summed E-state index contributed by atoms with van der Waals surface area (Å²) < 4.78 is 31.7. The fourth-order valence-electron chi connectivity index (χ4n) is 2.56. The molecule has 7 nitrogen and oxygen atoms in total. The van der Waals surface area contributed by atoms with E-state index in [1.807, 2.05) is 0 Å². The van der Waals surface area contributed by atoms with Gasteiger partial charge in [0, 0.05) is 33.1 Å². The van der Waals surface area contributed by atoms with Crippen molar-refractivity contribution in [3.05, 3.63) is 29.8 Å². The largest absolute Gasteiger partial charge is 0.465 e. The van der Waals surface area contributed by atoms with Crippen molar-refractivity contribution in [1.29, 1.82) is 0 Å². The number of nitrogens with zero attached hydrogens (tertiary/aromatic N) is 2. The van der Waals surface area contributed by atoms with Gasteiger partial charge in [0.25, 0.3) is 0 Å². The van der Waals surface area contributed by atoms with E-state index in [2.05, 4.69) is 4.74 Å². The second-order valence-electron chi connectivity index (χ2n) is 5.25. The second kappa shape index (κ2) is 7.10. The van der Waals surface area contributed by atoms with E-state index in [0.29, 0.717) is 26.1 Å². The fourth-order valence-corrected chi connectivity index (χ4v) is 4.21. The molecule has 8 heteroatoms. The first-order chi connectivity index (χ1) is 10.9. The standard InChI is InChI=1S/C15H20N2O5S/c1-12(18)16-8-5-9-17(11-10-16)23(20,21)14-7-4-3-6-13(14)15(19)22-2/h3-4,6-7H,5,8-11H2,1-2H3. The van der Waals surface area contributed by atoms with E-state index in [-0.39, 0.29) is 22.9 Å². The van der Waals surface area contributed by atoms with Gasteiger partial charge in [0.1, 0.15) is 0 Å². The van der Waals surface area contributed by atoms with Gasteiger partial charge in [-0.25, -0.2) is 13.2 Å². The first-order valence-electron chi connectivity index (χ1n) is 7.31. The maximum absolute atomic E-state index is 12.9. The predicted molar refractivity (Wildman–Crippen MR) is 83.4 cm³/mol. The number of carbonyl (C=O) groups is 2. The van der Waals surface area contributed by atoms with Crippen molar-refractivity contribution < 1.29 is 22.7 Å². The molecule has 1 fully saturated rings. The SMILES string of the molecule is COC(=O)c1ccccc1S(=O)(=O)N1CCCN(C(C)=O)CC1. The Balaban J connectivity index is 2.32. The van der Waals surface area contributed by atoms with Crippen LogP contribution in [0.15, 0.2) is 29.2 Å². The lowest BCUT2D eigenvalue weighted by Gasteiger charge is -2.22. The zero-order valence-corrected chi connectivity index (χ0v) is 14.0. The highest BCUT2D eigenvalue weighted by atomic mass is 32.2. The van der Waals surface area contributed by atoms with Crippen LogP contribution in [-0.2, 0) is 19.6 Å².